The van der Waals surface area contributed by atoms with Gasteiger partial charge < -0.3 is 20.7 Å². The highest BCUT2D eigenvalue weighted by Crippen LogP contribution is 2.28. The van der Waals surface area contributed by atoms with Gasteiger partial charge in [0.05, 0.1) is 5.69 Å². The molecule has 17 heavy (non-hydrogen) atoms. The second kappa shape index (κ2) is 5.16. The third kappa shape index (κ3) is 2.95. The van der Waals surface area contributed by atoms with E-state index in [1.54, 1.807) is 0 Å². The SMILES string of the molecule is CN(CCN)Cc1ccc2c(c1)NC(=O)CO2. The second-order valence-corrected chi connectivity index (χ2v) is 4.19. The molecule has 1 aromatic carbocycles. The van der Waals surface area contributed by atoms with Crippen molar-refractivity contribution in [2.75, 3.05) is 32.1 Å². The normalized spacial score (nSPS) is 14.2. The van der Waals surface area contributed by atoms with Crippen molar-refractivity contribution in [3.8, 4) is 5.75 Å². The van der Waals surface area contributed by atoms with E-state index in [0.29, 0.717) is 6.54 Å². The van der Waals surface area contributed by atoms with Gasteiger partial charge in [-0.2, -0.15) is 0 Å². The van der Waals surface area contributed by atoms with Crippen LogP contribution in [0.4, 0.5) is 5.69 Å². The first kappa shape index (κ1) is 11.9. The lowest BCUT2D eigenvalue weighted by Crippen LogP contribution is -2.26. The van der Waals surface area contributed by atoms with Crippen molar-refractivity contribution >= 4 is 11.6 Å². The minimum absolute atomic E-state index is 0.0966. The highest BCUT2D eigenvalue weighted by atomic mass is 16.5. The van der Waals surface area contributed by atoms with Gasteiger partial charge in [0.25, 0.3) is 5.91 Å². The summed E-state index contributed by atoms with van der Waals surface area (Å²) in [4.78, 5) is 13.3. The molecule has 1 heterocycles. The number of rotatable bonds is 4. The molecule has 1 aromatic rings. The monoisotopic (exact) mass is 235 g/mol. The molecule has 1 aliphatic rings. The molecule has 1 aliphatic heterocycles. The van der Waals surface area contributed by atoms with Gasteiger partial charge in [0, 0.05) is 19.6 Å². The van der Waals surface area contributed by atoms with Gasteiger partial charge in [-0.05, 0) is 24.7 Å². The van der Waals surface area contributed by atoms with Crippen LogP contribution in [0, 0.1) is 0 Å². The summed E-state index contributed by atoms with van der Waals surface area (Å²) in [6, 6.07) is 5.84. The van der Waals surface area contributed by atoms with Crippen LogP contribution in [-0.4, -0.2) is 37.6 Å². The number of hydrogen-bond donors (Lipinski definition) is 2. The molecule has 0 aromatic heterocycles. The van der Waals surface area contributed by atoms with Crippen LogP contribution in [0.5, 0.6) is 5.75 Å². The molecule has 0 aliphatic carbocycles. The summed E-state index contributed by atoms with van der Waals surface area (Å²) in [7, 11) is 2.02. The third-order valence-electron chi connectivity index (χ3n) is 2.64. The van der Waals surface area contributed by atoms with Crippen molar-refractivity contribution in [3.63, 3.8) is 0 Å². The van der Waals surface area contributed by atoms with E-state index >= 15 is 0 Å². The lowest BCUT2D eigenvalue weighted by atomic mass is 10.1. The Morgan fingerprint density at radius 1 is 1.53 bits per heavy atom. The fourth-order valence-electron chi connectivity index (χ4n) is 1.84. The maximum Gasteiger partial charge on any atom is 0.262 e. The molecular formula is C12H17N3O2. The van der Waals surface area contributed by atoms with Crippen molar-refractivity contribution < 1.29 is 9.53 Å². The first-order chi connectivity index (χ1) is 8.19. The number of fused-ring (bicyclic) bond motifs is 1. The minimum Gasteiger partial charge on any atom is -0.482 e. The number of benzene rings is 1. The van der Waals surface area contributed by atoms with E-state index in [0.717, 1.165) is 30.1 Å². The number of nitrogens with one attached hydrogen (secondary N) is 1. The van der Waals surface area contributed by atoms with Gasteiger partial charge in [0.2, 0.25) is 0 Å². The van der Waals surface area contributed by atoms with E-state index in [-0.39, 0.29) is 12.5 Å². The minimum atomic E-state index is -0.107. The van der Waals surface area contributed by atoms with Crippen molar-refractivity contribution in [3.05, 3.63) is 23.8 Å². The number of carbonyl (C=O) groups excluding carboxylic acids is 1. The molecule has 0 saturated heterocycles. The third-order valence-corrected chi connectivity index (χ3v) is 2.64. The van der Waals surface area contributed by atoms with Gasteiger partial charge in [0.1, 0.15) is 5.75 Å². The van der Waals surface area contributed by atoms with Crippen LogP contribution < -0.4 is 15.8 Å². The molecule has 5 heteroatoms. The summed E-state index contributed by atoms with van der Waals surface area (Å²) in [5.41, 5.74) is 7.37. The van der Waals surface area contributed by atoms with Gasteiger partial charge in [-0.3, -0.25) is 4.79 Å². The molecule has 0 bridgehead atoms. The van der Waals surface area contributed by atoms with Crippen LogP contribution in [0.15, 0.2) is 18.2 Å². The fourth-order valence-corrected chi connectivity index (χ4v) is 1.84. The molecule has 2 rings (SSSR count). The van der Waals surface area contributed by atoms with Crippen molar-refractivity contribution in [2.45, 2.75) is 6.54 Å². The van der Waals surface area contributed by atoms with E-state index in [4.69, 9.17) is 10.5 Å². The smallest absolute Gasteiger partial charge is 0.262 e. The molecule has 0 fully saturated rings. The molecule has 0 atom stereocenters. The van der Waals surface area contributed by atoms with Crippen LogP contribution in [0.3, 0.4) is 0 Å². The number of nitrogens with zero attached hydrogens (tertiary/aromatic N) is 1. The van der Waals surface area contributed by atoms with Crippen LogP contribution in [-0.2, 0) is 11.3 Å². The van der Waals surface area contributed by atoms with Gasteiger partial charge in [0.15, 0.2) is 6.61 Å². The zero-order chi connectivity index (χ0) is 12.3. The van der Waals surface area contributed by atoms with Crippen molar-refractivity contribution in [1.82, 2.24) is 4.90 Å². The highest BCUT2D eigenvalue weighted by Gasteiger charge is 2.15. The molecule has 0 unspecified atom stereocenters. The quantitative estimate of drug-likeness (QED) is 0.793. The Labute approximate surface area is 101 Å². The van der Waals surface area contributed by atoms with Crippen molar-refractivity contribution in [1.29, 1.82) is 0 Å². The molecule has 5 nitrogen and oxygen atoms in total. The predicted octanol–water partition coefficient (Wildman–Crippen LogP) is 0.408. The molecule has 3 N–H and O–H groups in total. The molecule has 0 radical (unpaired) electrons. The first-order valence-corrected chi connectivity index (χ1v) is 5.63. The summed E-state index contributed by atoms with van der Waals surface area (Å²) in [5, 5.41) is 2.80. The van der Waals surface area contributed by atoms with Crippen LogP contribution in [0.1, 0.15) is 5.56 Å². The average molecular weight is 235 g/mol. The zero-order valence-corrected chi connectivity index (χ0v) is 9.90. The molecule has 92 valence electrons. The number of nitrogens with two attached hydrogens (primary N) is 1. The molecule has 1 amide bonds. The molecule has 0 spiro atoms. The zero-order valence-electron chi connectivity index (χ0n) is 9.90. The number of anilines is 1. The van der Waals surface area contributed by atoms with Gasteiger partial charge in [-0.1, -0.05) is 6.07 Å². The number of ether oxygens (including phenoxy) is 1. The van der Waals surface area contributed by atoms with Gasteiger partial charge in [-0.15, -0.1) is 0 Å². The topological polar surface area (TPSA) is 67.6 Å². The summed E-state index contributed by atoms with van der Waals surface area (Å²) >= 11 is 0. The lowest BCUT2D eigenvalue weighted by Gasteiger charge is -2.20. The fraction of sp³-hybridized carbons (Fsp3) is 0.417. The van der Waals surface area contributed by atoms with E-state index in [1.165, 1.54) is 0 Å². The number of likely N-dealkylation sites (N-methyl/N-ethyl adjacent to an activating group) is 1. The first-order valence-electron chi connectivity index (χ1n) is 5.63. The van der Waals surface area contributed by atoms with Crippen molar-refractivity contribution in [2.24, 2.45) is 5.73 Å². The van der Waals surface area contributed by atoms with Crippen LogP contribution >= 0.6 is 0 Å². The van der Waals surface area contributed by atoms with Crippen LogP contribution in [0.25, 0.3) is 0 Å². The maximum absolute atomic E-state index is 11.2. The van der Waals surface area contributed by atoms with Gasteiger partial charge in [-0.25, -0.2) is 0 Å². The molecular weight excluding hydrogens is 218 g/mol. The largest absolute Gasteiger partial charge is 0.482 e. The maximum atomic E-state index is 11.2. The average Bonchev–Trinajstić information content (AvgIpc) is 2.28. The highest BCUT2D eigenvalue weighted by molar-refractivity contribution is 5.95. The summed E-state index contributed by atoms with van der Waals surface area (Å²) in [5.74, 6) is 0.625. The number of carbonyl (C=O) groups is 1. The summed E-state index contributed by atoms with van der Waals surface area (Å²) in [6.07, 6.45) is 0. The van der Waals surface area contributed by atoms with E-state index < -0.39 is 0 Å². The summed E-state index contributed by atoms with van der Waals surface area (Å²) in [6.45, 7) is 2.39. The second-order valence-electron chi connectivity index (χ2n) is 4.19. The van der Waals surface area contributed by atoms with E-state index in [2.05, 4.69) is 10.2 Å². The summed E-state index contributed by atoms with van der Waals surface area (Å²) < 4.78 is 5.30. The Balaban J connectivity index is 2.10. The van der Waals surface area contributed by atoms with Crippen LogP contribution in [0.2, 0.25) is 0 Å². The number of hydrogen-bond acceptors (Lipinski definition) is 4. The Bertz CT molecular complexity index is 420. The van der Waals surface area contributed by atoms with E-state index in [9.17, 15) is 4.79 Å². The standard InChI is InChI=1S/C12H17N3O2/c1-15(5-4-13)7-9-2-3-11-10(6-9)14-12(16)8-17-11/h2-3,6H,4-5,7-8,13H2,1H3,(H,14,16). The van der Waals surface area contributed by atoms with Gasteiger partial charge >= 0.3 is 0 Å². The predicted molar refractivity (Wildman–Crippen MR) is 66.0 cm³/mol. The Morgan fingerprint density at radius 2 is 2.35 bits per heavy atom. The molecule has 0 saturated carbocycles. The lowest BCUT2D eigenvalue weighted by molar-refractivity contribution is -0.118. The Morgan fingerprint density at radius 3 is 3.12 bits per heavy atom. The number of amides is 1. The Kier molecular flexibility index (Phi) is 3.61. The Hall–Kier alpha value is -1.59. The van der Waals surface area contributed by atoms with E-state index in [1.807, 2.05) is 25.2 Å².